The molecule has 36 heavy (non-hydrogen) atoms. The first kappa shape index (κ1) is 22.2. The minimum absolute atomic E-state index is 0.153. The summed E-state index contributed by atoms with van der Waals surface area (Å²) in [6.45, 7) is 0. The highest BCUT2D eigenvalue weighted by Gasteiger charge is 2.25. The molecule has 1 aliphatic heterocycles. The van der Waals surface area contributed by atoms with Crippen LogP contribution in [0.5, 0.6) is 11.5 Å². The number of nitrogens with zero attached hydrogens (tertiary/aromatic N) is 2. The molecule has 1 aromatic heterocycles. The Bertz CT molecular complexity index is 1500. The van der Waals surface area contributed by atoms with Crippen molar-refractivity contribution in [3.8, 4) is 28.3 Å². The topological polar surface area (TPSA) is 56.2 Å². The van der Waals surface area contributed by atoms with Gasteiger partial charge in [-0.15, -0.1) is 0 Å². The van der Waals surface area contributed by atoms with Gasteiger partial charge in [-0.25, -0.2) is 4.68 Å². The van der Waals surface area contributed by atoms with E-state index < -0.39 is 0 Å². The Labute approximate surface area is 213 Å². The fourth-order valence-corrected chi connectivity index (χ4v) is 5.27. The van der Waals surface area contributed by atoms with E-state index in [2.05, 4.69) is 17.4 Å². The number of anilines is 1. The molecular weight excluding hydrogens is 466 g/mol. The Hall–Kier alpha value is -4.29. The Morgan fingerprint density at radius 3 is 2.11 bits per heavy atom. The molecule has 4 aromatic carbocycles. The third-order valence-corrected chi connectivity index (χ3v) is 7.07. The first-order chi connectivity index (χ1) is 17.7. The molecule has 0 saturated carbocycles. The summed E-state index contributed by atoms with van der Waals surface area (Å²) >= 11 is 1.81. The van der Waals surface area contributed by atoms with E-state index in [-0.39, 0.29) is 5.91 Å². The number of para-hydroxylation sites is 1. The fourth-order valence-electron chi connectivity index (χ4n) is 4.23. The molecule has 0 saturated heterocycles. The maximum absolute atomic E-state index is 13.2. The van der Waals surface area contributed by atoms with E-state index in [9.17, 15) is 4.79 Å². The molecule has 6 rings (SSSR count). The highest BCUT2D eigenvalue weighted by atomic mass is 32.2. The molecule has 0 aliphatic carbocycles. The summed E-state index contributed by atoms with van der Waals surface area (Å²) in [5.41, 5.74) is 5.76. The van der Waals surface area contributed by atoms with Gasteiger partial charge in [-0.05, 0) is 59.7 Å². The number of rotatable bonds is 6. The zero-order valence-corrected chi connectivity index (χ0v) is 20.2. The van der Waals surface area contributed by atoms with Crippen LogP contribution in [0.1, 0.15) is 21.6 Å². The molecular formula is C30H23N3O2S. The number of amides is 1. The molecule has 5 nitrogen and oxygen atoms in total. The molecule has 0 spiro atoms. The zero-order valence-electron chi connectivity index (χ0n) is 19.4. The number of ether oxygens (including phenoxy) is 1. The predicted octanol–water partition coefficient (Wildman–Crippen LogP) is 7.33. The Morgan fingerprint density at radius 2 is 1.39 bits per heavy atom. The average molecular weight is 490 g/mol. The van der Waals surface area contributed by atoms with Crippen molar-refractivity contribution < 1.29 is 9.53 Å². The van der Waals surface area contributed by atoms with Gasteiger partial charge in [0.1, 0.15) is 17.3 Å². The molecule has 6 heteroatoms. The van der Waals surface area contributed by atoms with Gasteiger partial charge in [0.05, 0.1) is 11.4 Å². The molecule has 1 aliphatic rings. The van der Waals surface area contributed by atoms with Crippen LogP contribution in [0.2, 0.25) is 0 Å². The first-order valence-corrected chi connectivity index (χ1v) is 12.9. The maximum Gasteiger partial charge on any atom is 0.256 e. The van der Waals surface area contributed by atoms with Crippen LogP contribution in [-0.2, 0) is 11.5 Å². The van der Waals surface area contributed by atoms with Crippen LogP contribution in [-0.4, -0.2) is 15.7 Å². The summed E-state index contributed by atoms with van der Waals surface area (Å²) in [6.07, 6.45) is 0. The van der Waals surface area contributed by atoms with Crippen LogP contribution >= 0.6 is 11.8 Å². The monoisotopic (exact) mass is 489 g/mol. The molecule has 0 atom stereocenters. The van der Waals surface area contributed by atoms with Gasteiger partial charge in [-0.2, -0.15) is 16.9 Å². The smallest absolute Gasteiger partial charge is 0.256 e. The summed E-state index contributed by atoms with van der Waals surface area (Å²) in [5.74, 6) is 3.76. The highest BCUT2D eigenvalue weighted by Crippen LogP contribution is 2.36. The van der Waals surface area contributed by atoms with Crippen molar-refractivity contribution in [1.82, 2.24) is 9.78 Å². The minimum atomic E-state index is -0.153. The number of benzene rings is 4. The van der Waals surface area contributed by atoms with Crippen molar-refractivity contribution in [1.29, 1.82) is 0 Å². The number of hydrogen-bond acceptors (Lipinski definition) is 4. The van der Waals surface area contributed by atoms with Crippen molar-refractivity contribution in [2.24, 2.45) is 0 Å². The van der Waals surface area contributed by atoms with Gasteiger partial charge in [0.25, 0.3) is 5.91 Å². The lowest BCUT2D eigenvalue weighted by Crippen LogP contribution is -2.16. The average Bonchev–Trinajstić information content (AvgIpc) is 3.53. The highest BCUT2D eigenvalue weighted by molar-refractivity contribution is 7.98. The number of thioether (sulfide) groups is 1. The third kappa shape index (κ3) is 4.51. The van der Waals surface area contributed by atoms with Gasteiger partial charge < -0.3 is 10.1 Å². The van der Waals surface area contributed by atoms with Crippen molar-refractivity contribution in [2.75, 3.05) is 5.32 Å². The van der Waals surface area contributed by atoms with Crippen LogP contribution < -0.4 is 10.1 Å². The first-order valence-electron chi connectivity index (χ1n) is 11.7. The number of carbonyl (C=O) groups excluding carboxylic acids is 1. The summed E-state index contributed by atoms with van der Waals surface area (Å²) < 4.78 is 7.75. The second-order valence-electron chi connectivity index (χ2n) is 8.48. The van der Waals surface area contributed by atoms with Gasteiger partial charge in [-0.1, -0.05) is 60.7 Å². The van der Waals surface area contributed by atoms with Crippen molar-refractivity contribution >= 4 is 23.5 Å². The quantitative estimate of drug-likeness (QED) is 0.271. The van der Waals surface area contributed by atoms with Crippen LogP contribution in [0.3, 0.4) is 0 Å². The number of fused-ring (bicyclic) bond motifs is 1. The standard InChI is InChI=1S/C30H23N3O2S/c34-30(23-13-11-22(12-14-23)21-7-3-1-4-8-21)31-29-27-19-36-20-28(27)32-33(29)24-15-17-26(18-16-24)35-25-9-5-2-6-10-25/h1-18H,19-20H2,(H,31,34). The van der Waals surface area contributed by atoms with E-state index in [1.807, 2.05) is 102 Å². The van der Waals surface area contributed by atoms with E-state index in [1.165, 1.54) is 0 Å². The Balaban J connectivity index is 1.25. The van der Waals surface area contributed by atoms with E-state index in [0.29, 0.717) is 5.56 Å². The Morgan fingerprint density at radius 1 is 0.750 bits per heavy atom. The second-order valence-corrected chi connectivity index (χ2v) is 9.47. The minimum Gasteiger partial charge on any atom is -0.457 e. The van der Waals surface area contributed by atoms with Gasteiger partial charge >= 0.3 is 0 Å². The molecule has 0 unspecified atom stereocenters. The number of hydrogen-bond donors (Lipinski definition) is 1. The lowest BCUT2D eigenvalue weighted by atomic mass is 10.0. The second kappa shape index (κ2) is 9.76. The molecule has 0 radical (unpaired) electrons. The SMILES string of the molecule is O=C(Nc1c2c(nn1-c1ccc(Oc3ccccc3)cc1)CSC2)c1ccc(-c2ccccc2)cc1. The maximum atomic E-state index is 13.2. The number of aromatic nitrogens is 2. The van der Waals surface area contributed by atoms with E-state index >= 15 is 0 Å². The van der Waals surface area contributed by atoms with E-state index in [0.717, 1.165) is 56.9 Å². The lowest BCUT2D eigenvalue weighted by Gasteiger charge is -2.12. The summed E-state index contributed by atoms with van der Waals surface area (Å²) in [4.78, 5) is 13.2. The van der Waals surface area contributed by atoms with Crippen LogP contribution in [0.15, 0.2) is 109 Å². The summed E-state index contributed by atoms with van der Waals surface area (Å²) in [5, 5.41) is 7.95. The van der Waals surface area contributed by atoms with Gasteiger partial charge in [0.15, 0.2) is 0 Å². The molecule has 1 N–H and O–H groups in total. The largest absolute Gasteiger partial charge is 0.457 e. The molecule has 176 valence electrons. The lowest BCUT2D eigenvalue weighted by molar-refractivity contribution is 0.102. The number of carbonyl (C=O) groups is 1. The molecule has 0 fully saturated rings. The normalized spacial score (nSPS) is 12.2. The van der Waals surface area contributed by atoms with Crippen molar-refractivity contribution in [3.63, 3.8) is 0 Å². The molecule has 1 amide bonds. The zero-order chi connectivity index (χ0) is 24.3. The van der Waals surface area contributed by atoms with Crippen LogP contribution in [0.25, 0.3) is 16.8 Å². The van der Waals surface area contributed by atoms with Crippen molar-refractivity contribution in [2.45, 2.75) is 11.5 Å². The van der Waals surface area contributed by atoms with E-state index in [1.54, 1.807) is 11.8 Å². The molecule has 2 heterocycles. The van der Waals surface area contributed by atoms with Gasteiger partial charge in [-0.3, -0.25) is 4.79 Å². The predicted molar refractivity (Wildman–Crippen MR) is 145 cm³/mol. The fraction of sp³-hybridized carbons (Fsp3) is 0.0667. The van der Waals surface area contributed by atoms with E-state index in [4.69, 9.17) is 9.84 Å². The summed E-state index contributed by atoms with van der Waals surface area (Å²) in [7, 11) is 0. The van der Waals surface area contributed by atoms with Gasteiger partial charge in [0, 0.05) is 22.6 Å². The molecule has 5 aromatic rings. The third-order valence-electron chi connectivity index (χ3n) is 6.10. The number of nitrogens with one attached hydrogen (secondary N) is 1. The van der Waals surface area contributed by atoms with Crippen LogP contribution in [0.4, 0.5) is 5.82 Å². The van der Waals surface area contributed by atoms with Crippen molar-refractivity contribution in [3.05, 3.63) is 126 Å². The summed E-state index contributed by atoms with van der Waals surface area (Å²) in [6, 6.07) is 35.2. The van der Waals surface area contributed by atoms with Gasteiger partial charge in [0.2, 0.25) is 0 Å². The van der Waals surface area contributed by atoms with Crippen LogP contribution in [0, 0.1) is 0 Å². The Kier molecular flexibility index (Phi) is 6.01. The molecule has 0 bridgehead atoms.